The fraction of sp³-hybridized carbons (Fsp3) is 0.0625. The summed E-state index contributed by atoms with van der Waals surface area (Å²) in [5.74, 6) is 0.686. The van der Waals surface area contributed by atoms with Gasteiger partial charge >= 0.3 is 0 Å². The van der Waals surface area contributed by atoms with Crippen molar-refractivity contribution in [3.63, 3.8) is 0 Å². The first-order valence-electron chi connectivity index (χ1n) is 6.68. The molecule has 5 nitrogen and oxygen atoms in total. The largest absolute Gasteiger partial charge is 0.328 e. The minimum atomic E-state index is 0.0302. The van der Waals surface area contributed by atoms with E-state index in [9.17, 15) is 0 Å². The van der Waals surface area contributed by atoms with Gasteiger partial charge in [0.1, 0.15) is 5.82 Å². The molecule has 0 fully saturated rings. The Kier molecular flexibility index (Phi) is 3.77. The average molecular weight is 356 g/mol. The minimum absolute atomic E-state index is 0.0302. The van der Waals surface area contributed by atoms with Crippen molar-refractivity contribution >= 4 is 44.7 Å². The first kappa shape index (κ1) is 14.5. The summed E-state index contributed by atoms with van der Waals surface area (Å²) in [6.07, 6.45) is 1.11. The lowest BCUT2D eigenvalue weighted by Gasteiger charge is -2.22. The number of rotatable bonds is 3. The molecule has 0 atom stereocenters. The van der Waals surface area contributed by atoms with E-state index >= 15 is 0 Å². The van der Waals surface area contributed by atoms with Crippen LogP contribution < -0.4 is 10.5 Å². The summed E-state index contributed by atoms with van der Waals surface area (Å²) in [4.78, 5) is 6.32. The molecule has 22 heavy (non-hydrogen) atoms. The van der Waals surface area contributed by atoms with E-state index in [1.165, 1.54) is 4.57 Å². The zero-order valence-corrected chi connectivity index (χ0v) is 13.5. The molecule has 0 saturated heterocycles. The molecule has 2 N–H and O–H groups in total. The zero-order valence-electron chi connectivity index (χ0n) is 11.9. The van der Waals surface area contributed by atoms with E-state index in [1.807, 2.05) is 60.5 Å². The van der Waals surface area contributed by atoms with Crippen LogP contribution in [0.4, 0.5) is 11.5 Å². The van der Waals surface area contributed by atoms with Crippen molar-refractivity contribution < 1.29 is 0 Å². The smallest absolute Gasteiger partial charge is 0.229 e. The molecule has 3 rings (SSSR count). The maximum Gasteiger partial charge on any atom is 0.229 e. The number of aromatic nitrogens is 2. The number of hydrogen-bond donors (Lipinski definition) is 2. The van der Waals surface area contributed by atoms with Gasteiger partial charge in [0.15, 0.2) is 0 Å². The predicted molar refractivity (Wildman–Crippen MR) is 92.0 cm³/mol. The van der Waals surface area contributed by atoms with Crippen molar-refractivity contribution in [3.05, 3.63) is 58.6 Å². The van der Waals surface area contributed by atoms with Crippen LogP contribution in [0, 0.1) is 10.8 Å². The van der Waals surface area contributed by atoms with Crippen LogP contribution in [0.3, 0.4) is 0 Å². The van der Waals surface area contributed by atoms with Crippen molar-refractivity contribution in [3.8, 4) is 0 Å². The van der Waals surface area contributed by atoms with Crippen LogP contribution in [0.25, 0.3) is 10.9 Å². The van der Waals surface area contributed by atoms with Crippen LogP contribution >= 0.6 is 15.9 Å². The van der Waals surface area contributed by atoms with Crippen LogP contribution in [0.15, 0.2) is 53.0 Å². The van der Waals surface area contributed by atoms with Gasteiger partial charge < -0.3 is 4.90 Å². The van der Waals surface area contributed by atoms with Crippen LogP contribution in [0.5, 0.6) is 0 Å². The Bertz CT molecular complexity index is 916. The monoisotopic (exact) mass is 355 g/mol. The van der Waals surface area contributed by atoms with E-state index in [1.54, 1.807) is 0 Å². The summed E-state index contributed by atoms with van der Waals surface area (Å²) in [6.45, 7) is 0. The Labute approximate surface area is 136 Å². The van der Waals surface area contributed by atoms with Crippen LogP contribution in [0.1, 0.15) is 0 Å². The Morgan fingerprint density at radius 2 is 1.82 bits per heavy atom. The van der Waals surface area contributed by atoms with Gasteiger partial charge in [-0.15, -0.1) is 0 Å². The van der Waals surface area contributed by atoms with Crippen molar-refractivity contribution in [2.24, 2.45) is 0 Å². The summed E-state index contributed by atoms with van der Waals surface area (Å²) in [6, 6.07) is 15.5. The van der Waals surface area contributed by atoms with Gasteiger partial charge in [-0.05, 0) is 40.2 Å². The molecule has 0 amide bonds. The Hall–Kier alpha value is -2.47. The number of nitrogens with zero attached hydrogens (tertiary/aromatic N) is 3. The molecular formula is C16H14BrN5. The van der Waals surface area contributed by atoms with Crippen molar-refractivity contribution in [1.82, 2.24) is 9.55 Å². The second-order valence-electron chi connectivity index (χ2n) is 4.79. The molecule has 110 valence electrons. The maximum atomic E-state index is 8.07. The lowest BCUT2D eigenvalue weighted by Crippen LogP contribution is -2.26. The van der Waals surface area contributed by atoms with Crippen LogP contribution in [-0.4, -0.2) is 22.9 Å². The molecule has 0 aliphatic carbocycles. The lowest BCUT2D eigenvalue weighted by atomic mass is 10.2. The van der Waals surface area contributed by atoms with E-state index in [0.29, 0.717) is 5.82 Å². The number of halogens is 1. The molecule has 0 saturated carbocycles. The van der Waals surface area contributed by atoms with Gasteiger partial charge in [0, 0.05) is 16.9 Å². The van der Waals surface area contributed by atoms with Gasteiger partial charge in [-0.25, -0.2) is 0 Å². The molecular weight excluding hydrogens is 342 g/mol. The highest BCUT2D eigenvalue weighted by atomic mass is 79.9. The molecule has 0 unspecified atom stereocenters. The Morgan fingerprint density at radius 1 is 1.14 bits per heavy atom. The van der Waals surface area contributed by atoms with Crippen LogP contribution in [-0.2, 0) is 0 Å². The molecule has 0 aliphatic rings. The van der Waals surface area contributed by atoms with E-state index in [2.05, 4.69) is 20.9 Å². The van der Waals surface area contributed by atoms with Crippen molar-refractivity contribution in [2.75, 3.05) is 11.9 Å². The molecule has 6 heteroatoms. The summed E-state index contributed by atoms with van der Waals surface area (Å²) in [7, 11) is 1.92. The van der Waals surface area contributed by atoms with Crippen molar-refractivity contribution in [1.29, 1.82) is 10.8 Å². The van der Waals surface area contributed by atoms with Gasteiger partial charge in [-0.3, -0.25) is 15.4 Å². The first-order valence-corrected chi connectivity index (χ1v) is 7.47. The van der Waals surface area contributed by atoms with E-state index in [-0.39, 0.29) is 5.62 Å². The fourth-order valence-corrected chi connectivity index (χ4v) is 2.98. The predicted octanol–water partition coefficient (Wildman–Crippen LogP) is 3.50. The molecule has 2 aromatic carbocycles. The molecule has 3 aromatic rings. The number of para-hydroxylation sites is 2. The summed E-state index contributed by atoms with van der Waals surface area (Å²) >= 11 is 3.55. The second kappa shape index (κ2) is 5.73. The highest BCUT2D eigenvalue weighted by Crippen LogP contribution is 2.32. The van der Waals surface area contributed by atoms with Gasteiger partial charge in [0.25, 0.3) is 0 Å². The molecule has 1 heterocycles. The average Bonchev–Trinajstić information content (AvgIpc) is 2.54. The highest BCUT2D eigenvalue weighted by Gasteiger charge is 2.14. The van der Waals surface area contributed by atoms with Gasteiger partial charge in [0.2, 0.25) is 5.62 Å². The van der Waals surface area contributed by atoms with E-state index in [4.69, 9.17) is 10.8 Å². The summed E-state index contributed by atoms with van der Waals surface area (Å²) in [5, 5.41) is 16.5. The number of fused-ring (bicyclic) bond motifs is 1. The summed E-state index contributed by atoms with van der Waals surface area (Å²) in [5.41, 5.74) is 1.78. The van der Waals surface area contributed by atoms with E-state index in [0.717, 1.165) is 27.4 Å². The maximum absolute atomic E-state index is 8.07. The normalized spacial score (nSPS) is 10.6. The van der Waals surface area contributed by atoms with Gasteiger partial charge in [0.05, 0.1) is 17.5 Å². The molecule has 0 aliphatic heterocycles. The number of benzene rings is 2. The Balaban J connectivity index is 2.30. The van der Waals surface area contributed by atoms with Crippen LogP contribution in [0.2, 0.25) is 0 Å². The quantitative estimate of drug-likeness (QED) is 0.557. The highest BCUT2D eigenvalue weighted by molar-refractivity contribution is 9.10. The number of hydrogen-bond acceptors (Lipinski definition) is 4. The standard InChI is InChI=1S/C16H14BrN5/c1-21(14-9-5-3-7-12(14)17)15-11-6-2-4-8-13(11)22(10-18)16(19)20-15/h2-10,18-19H,1H3. The first-order chi connectivity index (χ1) is 10.6. The van der Waals surface area contributed by atoms with Gasteiger partial charge in [-0.1, -0.05) is 24.3 Å². The van der Waals surface area contributed by atoms with E-state index < -0.39 is 0 Å². The SMILES string of the molecule is CN(c1ccccc1Br)c1nc(=N)n(C=N)c2ccccc12. The topological polar surface area (TPSA) is 68.8 Å². The van der Waals surface area contributed by atoms with Gasteiger partial charge in [-0.2, -0.15) is 4.98 Å². The molecule has 0 spiro atoms. The minimum Gasteiger partial charge on any atom is -0.328 e. The fourth-order valence-electron chi connectivity index (χ4n) is 2.43. The Morgan fingerprint density at radius 3 is 2.55 bits per heavy atom. The third-order valence-corrected chi connectivity index (χ3v) is 4.18. The molecule has 1 aromatic heterocycles. The zero-order chi connectivity index (χ0) is 15.7. The number of anilines is 2. The van der Waals surface area contributed by atoms with Crippen molar-refractivity contribution in [2.45, 2.75) is 0 Å². The third-order valence-electron chi connectivity index (χ3n) is 3.51. The second-order valence-corrected chi connectivity index (χ2v) is 5.64. The number of nitrogens with one attached hydrogen (secondary N) is 2. The lowest BCUT2D eigenvalue weighted by molar-refractivity contribution is 0.915. The summed E-state index contributed by atoms with van der Waals surface area (Å²) < 4.78 is 2.41. The molecule has 0 bridgehead atoms. The third kappa shape index (κ3) is 2.31. The molecule has 0 radical (unpaired) electrons.